The Hall–Kier alpha value is -9.16. The van der Waals surface area contributed by atoms with Gasteiger partial charge in [0.05, 0.1) is 65.6 Å². The molecule has 0 saturated carbocycles. The number of nitriles is 1. The van der Waals surface area contributed by atoms with Crippen molar-refractivity contribution in [3.05, 3.63) is 230 Å². The molecule has 14 aromatic rings. The van der Waals surface area contributed by atoms with E-state index in [0.29, 0.717) is 16.9 Å². The molecule has 10 aromatic carbocycles. The molecule has 8 heteroatoms. The molecule has 4 heterocycles. The van der Waals surface area contributed by atoms with Gasteiger partial charge in [-0.1, -0.05) is 127 Å². The molecule has 0 saturated heterocycles. The highest BCUT2D eigenvalue weighted by molar-refractivity contribution is 7.91. The second kappa shape index (κ2) is 14.7. The highest BCUT2D eigenvalue weighted by atomic mass is 32.2. The van der Waals surface area contributed by atoms with Gasteiger partial charge < -0.3 is 18.3 Å². The van der Waals surface area contributed by atoms with E-state index in [0.717, 1.165) is 98.6 Å². The van der Waals surface area contributed by atoms with Crippen LogP contribution in [-0.4, -0.2) is 26.7 Å². The van der Waals surface area contributed by atoms with Gasteiger partial charge in [-0.25, -0.2) is 8.42 Å². The molecule has 0 unspecified atom stereocenters. The lowest BCUT2D eigenvalue weighted by Gasteiger charge is -2.17. The van der Waals surface area contributed by atoms with Crippen LogP contribution < -0.4 is 0 Å². The maximum absolute atomic E-state index is 15.2. The standard InChI is InChI=1S/C61H37N5O2S/c62-38-39-31-33-44(34-32-39)69(67,68)45-36-42(63-51-26-12-7-21-46(51)47-22-8-13-27-52(47)63)35-43(37-45)66-55-30-16-11-25-50(55)58-60-56(48-23-9-14-28-53(48)64(60)40-17-3-1-4-18-40)59-57(61(58)66)49-24-10-15-29-54(49)65(59)41-19-5-2-6-20-41/h1-37H. The smallest absolute Gasteiger partial charge is 0.206 e. The van der Waals surface area contributed by atoms with Crippen LogP contribution in [0.5, 0.6) is 0 Å². The summed E-state index contributed by atoms with van der Waals surface area (Å²) in [5.74, 6) is 0. The Morgan fingerprint density at radius 3 is 1.06 bits per heavy atom. The van der Waals surface area contributed by atoms with E-state index in [2.05, 4.69) is 188 Å². The van der Waals surface area contributed by atoms with Crippen LogP contribution in [-0.2, 0) is 9.84 Å². The molecule has 0 bridgehead atoms. The second-order valence-electron chi connectivity index (χ2n) is 17.6. The lowest BCUT2D eigenvalue weighted by Crippen LogP contribution is -2.07. The number of sulfone groups is 1. The number of hydrogen-bond acceptors (Lipinski definition) is 3. The molecule has 0 aliphatic rings. The SMILES string of the molecule is N#Cc1ccc(S(=O)(=O)c2cc(-n3c4ccccc4c4ccccc43)cc(-n3c4ccccc4c4c5c(c6ccccc6n5-c5ccccc5)c5c(c6ccccc6n5-c5ccccc5)c43)c2)cc1. The molecule has 0 aliphatic heterocycles. The van der Waals surface area contributed by atoms with Gasteiger partial charge in [0, 0.05) is 65.8 Å². The molecule has 7 nitrogen and oxygen atoms in total. The van der Waals surface area contributed by atoms with Crippen molar-refractivity contribution in [2.45, 2.75) is 9.79 Å². The third-order valence-electron chi connectivity index (χ3n) is 13.9. The number of aromatic nitrogens is 4. The van der Waals surface area contributed by atoms with E-state index in [4.69, 9.17) is 0 Å². The van der Waals surface area contributed by atoms with Crippen LogP contribution in [0.2, 0.25) is 0 Å². The Labute approximate surface area is 395 Å². The van der Waals surface area contributed by atoms with Gasteiger partial charge in [0.2, 0.25) is 9.84 Å². The van der Waals surface area contributed by atoms with E-state index in [9.17, 15) is 5.26 Å². The molecule has 324 valence electrons. The average Bonchev–Trinajstić information content (AvgIpc) is 4.14. The lowest BCUT2D eigenvalue weighted by molar-refractivity contribution is 0.596. The summed E-state index contributed by atoms with van der Waals surface area (Å²) < 4.78 is 39.8. The monoisotopic (exact) mass is 903 g/mol. The van der Waals surface area contributed by atoms with Crippen LogP contribution in [0.25, 0.3) is 110 Å². The number of benzene rings is 10. The summed E-state index contributed by atoms with van der Waals surface area (Å²) in [5.41, 5.74) is 11.9. The molecular formula is C61H37N5O2S. The first kappa shape index (κ1) is 39.0. The summed E-state index contributed by atoms with van der Waals surface area (Å²) in [5, 5.41) is 18.3. The van der Waals surface area contributed by atoms with Gasteiger partial charge in [0.1, 0.15) is 0 Å². The predicted molar refractivity (Wildman–Crippen MR) is 280 cm³/mol. The normalized spacial score (nSPS) is 12.2. The van der Waals surface area contributed by atoms with Crippen LogP contribution in [0.15, 0.2) is 234 Å². The fourth-order valence-electron chi connectivity index (χ4n) is 11.1. The van der Waals surface area contributed by atoms with Crippen molar-refractivity contribution >= 4 is 97.1 Å². The number of nitrogens with zero attached hydrogens (tertiary/aromatic N) is 5. The van der Waals surface area contributed by atoms with Crippen LogP contribution in [0, 0.1) is 11.3 Å². The van der Waals surface area contributed by atoms with E-state index in [1.165, 1.54) is 12.1 Å². The largest absolute Gasteiger partial charge is 0.309 e. The van der Waals surface area contributed by atoms with Gasteiger partial charge in [-0.05, 0) is 97.1 Å². The average molecular weight is 904 g/mol. The Morgan fingerprint density at radius 2 is 0.652 bits per heavy atom. The van der Waals surface area contributed by atoms with Gasteiger partial charge in [-0.15, -0.1) is 0 Å². The van der Waals surface area contributed by atoms with Gasteiger partial charge in [-0.3, -0.25) is 0 Å². The number of para-hydroxylation sites is 7. The molecule has 0 spiro atoms. The third kappa shape index (κ3) is 5.50. The fourth-order valence-corrected chi connectivity index (χ4v) is 12.5. The van der Waals surface area contributed by atoms with Crippen molar-refractivity contribution in [1.29, 1.82) is 5.26 Å². The number of fused-ring (bicyclic) bond motifs is 15. The van der Waals surface area contributed by atoms with Gasteiger partial charge in [-0.2, -0.15) is 5.26 Å². The molecule has 0 radical (unpaired) electrons. The van der Waals surface area contributed by atoms with E-state index in [1.807, 2.05) is 30.3 Å². The van der Waals surface area contributed by atoms with Crippen LogP contribution in [0.3, 0.4) is 0 Å². The quantitative estimate of drug-likeness (QED) is 0.167. The zero-order valence-corrected chi connectivity index (χ0v) is 37.6. The zero-order valence-electron chi connectivity index (χ0n) is 36.8. The van der Waals surface area contributed by atoms with E-state index in [1.54, 1.807) is 18.2 Å². The first-order valence-corrected chi connectivity index (χ1v) is 24.4. The molecule has 0 N–H and O–H groups in total. The van der Waals surface area contributed by atoms with Crippen molar-refractivity contribution in [2.24, 2.45) is 0 Å². The molecule has 0 atom stereocenters. The van der Waals surface area contributed by atoms with Crippen LogP contribution in [0.4, 0.5) is 0 Å². The minimum Gasteiger partial charge on any atom is -0.309 e. The van der Waals surface area contributed by atoms with Gasteiger partial charge in [0.15, 0.2) is 0 Å². The van der Waals surface area contributed by atoms with Crippen molar-refractivity contribution in [1.82, 2.24) is 18.3 Å². The molecule has 0 amide bonds. The summed E-state index contributed by atoms with van der Waals surface area (Å²) in [4.78, 5) is 0.242. The minimum atomic E-state index is -4.15. The fraction of sp³-hybridized carbons (Fsp3) is 0. The summed E-state index contributed by atoms with van der Waals surface area (Å²) >= 11 is 0. The lowest BCUT2D eigenvalue weighted by atomic mass is 10.0. The Morgan fingerprint density at radius 1 is 0.319 bits per heavy atom. The maximum Gasteiger partial charge on any atom is 0.206 e. The van der Waals surface area contributed by atoms with E-state index in [-0.39, 0.29) is 9.79 Å². The van der Waals surface area contributed by atoms with Gasteiger partial charge >= 0.3 is 0 Å². The highest BCUT2D eigenvalue weighted by Gasteiger charge is 2.30. The Kier molecular flexibility index (Phi) is 8.30. The van der Waals surface area contributed by atoms with Crippen molar-refractivity contribution in [3.8, 4) is 28.8 Å². The molecular weight excluding hydrogens is 867 g/mol. The van der Waals surface area contributed by atoms with Crippen molar-refractivity contribution in [2.75, 3.05) is 0 Å². The maximum atomic E-state index is 15.2. The highest BCUT2D eigenvalue weighted by Crippen LogP contribution is 2.50. The van der Waals surface area contributed by atoms with Crippen LogP contribution >= 0.6 is 0 Å². The minimum absolute atomic E-state index is 0.108. The Balaban J connectivity index is 1.23. The molecule has 0 fully saturated rings. The molecule has 4 aromatic heterocycles. The van der Waals surface area contributed by atoms with E-state index < -0.39 is 9.84 Å². The first-order chi connectivity index (χ1) is 34.0. The summed E-state index contributed by atoms with van der Waals surface area (Å²) in [6.45, 7) is 0. The Bertz CT molecular complexity index is 4490. The molecule has 69 heavy (non-hydrogen) atoms. The summed E-state index contributed by atoms with van der Waals surface area (Å²) in [7, 11) is -4.15. The topological polar surface area (TPSA) is 77.7 Å². The second-order valence-corrected chi connectivity index (χ2v) is 19.5. The first-order valence-electron chi connectivity index (χ1n) is 22.9. The third-order valence-corrected chi connectivity index (χ3v) is 15.7. The predicted octanol–water partition coefficient (Wildman–Crippen LogP) is 14.8. The van der Waals surface area contributed by atoms with Crippen molar-refractivity contribution < 1.29 is 8.42 Å². The van der Waals surface area contributed by atoms with Crippen molar-refractivity contribution in [3.63, 3.8) is 0 Å². The number of hydrogen-bond donors (Lipinski definition) is 0. The summed E-state index contributed by atoms with van der Waals surface area (Å²) in [6, 6.07) is 77.7. The molecule has 14 rings (SSSR count). The zero-order chi connectivity index (χ0) is 46.0. The molecule has 0 aliphatic carbocycles. The summed E-state index contributed by atoms with van der Waals surface area (Å²) in [6.07, 6.45) is 0. The van der Waals surface area contributed by atoms with E-state index >= 15 is 8.42 Å². The van der Waals surface area contributed by atoms with Crippen LogP contribution in [0.1, 0.15) is 5.56 Å². The number of rotatable bonds is 6. The van der Waals surface area contributed by atoms with Gasteiger partial charge in [0.25, 0.3) is 0 Å².